The van der Waals surface area contributed by atoms with Crippen molar-refractivity contribution in [2.75, 3.05) is 26.3 Å². The topological polar surface area (TPSA) is 107 Å². The Hall–Kier alpha value is -1.08. The summed E-state index contributed by atoms with van der Waals surface area (Å²) in [6, 6.07) is -0.856. The van der Waals surface area contributed by atoms with E-state index in [2.05, 4.69) is 15.3 Å². The number of alkyl halides is 1. The van der Waals surface area contributed by atoms with Crippen LogP contribution in [0.4, 0.5) is 4.39 Å². The van der Waals surface area contributed by atoms with E-state index in [0.717, 1.165) is 0 Å². The first-order valence-electron chi connectivity index (χ1n) is 4.81. The number of aliphatic carboxylic acids is 1. The Balaban J connectivity index is 0.00000256. The molecule has 0 amide bonds. The second kappa shape index (κ2) is 7.29. The van der Waals surface area contributed by atoms with Gasteiger partial charge in [0.05, 0.1) is 13.2 Å². The molecule has 0 bridgehead atoms. The minimum Gasteiger partial charge on any atom is -0.480 e. The van der Waals surface area contributed by atoms with Gasteiger partial charge in [-0.05, 0) is 5.53 Å². The van der Waals surface area contributed by atoms with Crippen molar-refractivity contribution >= 4 is 18.4 Å². The van der Waals surface area contributed by atoms with Gasteiger partial charge in [-0.1, -0.05) is 5.11 Å². The molecule has 9 heteroatoms. The largest absolute Gasteiger partial charge is 0.480 e. The monoisotopic (exact) mass is 268 g/mol. The summed E-state index contributed by atoms with van der Waals surface area (Å²) in [6.07, 6.45) is -0.107. The van der Waals surface area contributed by atoms with Crippen LogP contribution in [0.3, 0.4) is 0 Å². The van der Waals surface area contributed by atoms with Crippen LogP contribution < -0.4 is 5.32 Å². The Labute approximate surface area is 103 Å². The number of halogens is 2. The van der Waals surface area contributed by atoms with Crippen molar-refractivity contribution in [1.29, 1.82) is 0 Å². The van der Waals surface area contributed by atoms with Gasteiger partial charge in [-0.25, -0.2) is 4.39 Å². The maximum Gasteiger partial charge on any atom is 0.320 e. The molecule has 1 aliphatic heterocycles. The van der Waals surface area contributed by atoms with Crippen LogP contribution in [0, 0.1) is 0 Å². The number of hydrogen-bond acceptors (Lipinski definition) is 4. The number of carboxylic acid groups (broad SMARTS) is 1. The molecule has 0 aromatic carbocycles. The Morgan fingerprint density at radius 3 is 3.00 bits per heavy atom. The summed E-state index contributed by atoms with van der Waals surface area (Å²) in [6.45, 7) is 0.0477. The highest BCUT2D eigenvalue weighted by Crippen LogP contribution is 2.24. The molecule has 0 radical (unpaired) electrons. The Morgan fingerprint density at radius 2 is 2.47 bits per heavy atom. The van der Waals surface area contributed by atoms with E-state index >= 15 is 0 Å². The second-order valence-corrected chi connectivity index (χ2v) is 3.63. The molecule has 7 nitrogen and oxygen atoms in total. The molecule has 1 aliphatic rings. The van der Waals surface area contributed by atoms with Crippen LogP contribution in [-0.4, -0.2) is 49.1 Å². The molecule has 17 heavy (non-hydrogen) atoms. The SMILES string of the molecule is Cl.[N-]=[N+]=NCCOCC1(F)CNC(C(=O)O)C1. The third-order valence-corrected chi connectivity index (χ3v) is 2.29. The van der Waals surface area contributed by atoms with Crippen molar-refractivity contribution in [2.45, 2.75) is 18.1 Å². The summed E-state index contributed by atoms with van der Waals surface area (Å²) in [5, 5.41) is 14.4. The quantitative estimate of drug-likeness (QED) is 0.323. The van der Waals surface area contributed by atoms with Crippen molar-refractivity contribution in [3.63, 3.8) is 0 Å². The van der Waals surface area contributed by atoms with E-state index in [9.17, 15) is 9.18 Å². The Bertz CT molecular complexity index is 313. The van der Waals surface area contributed by atoms with Gasteiger partial charge in [-0.15, -0.1) is 12.4 Å². The van der Waals surface area contributed by atoms with E-state index < -0.39 is 17.7 Å². The standard InChI is InChI=1S/C8H13FN4O3.ClH/c9-8(5-16-2-1-12-13-10)3-6(7(14)15)11-4-8;/h6,11H,1-5H2,(H,14,15);1H. The average molecular weight is 269 g/mol. The normalized spacial score (nSPS) is 27.0. The maximum atomic E-state index is 13.9. The zero-order valence-electron chi connectivity index (χ0n) is 9.00. The van der Waals surface area contributed by atoms with Crippen LogP contribution in [0.2, 0.25) is 0 Å². The van der Waals surface area contributed by atoms with Crippen LogP contribution in [0.25, 0.3) is 10.4 Å². The Kier molecular flexibility index (Phi) is 6.82. The number of nitrogens with zero attached hydrogens (tertiary/aromatic N) is 3. The molecule has 1 fully saturated rings. The molecule has 1 rings (SSSR count). The van der Waals surface area contributed by atoms with Crippen molar-refractivity contribution < 1.29 is 19.0 Å². The van der Waals surface area contributed by atoms with Gasteiger partial charge in [0.1, 0.15) is 11.7 Å². The molecule has 1 saturated heterocycles. The van der Waals surface area contributed by atoms with E-state index in [1.54, 1.807) is 0 Å². The summed E-state index contributed by atoms with van der Waals surface area (Å²) in [4.78, 5) is 13.1. The number of hydrogen-bond donors (Lipinski definition) is 2. The molecular weight excluding hydrogens is 255 g/mol. The summed E-state index contributed by atoms with van der Waals surface area (Å²) in [5.74, 6) is -1.06. The minimum atomic E-state index is -1.65. The lowest BCUT2D eigenvalue weighted by atomic mass is 10.0. The number of rotatable bonds is 6. The van der Waals surface area contributed by atoms with Gasteiger partial charge in [-0.3, -0.25) is 4.79 Å². The Morgan fingerprint density at radius 1 is 1.76 bits per heavy atom. The lowest BCUT2D eigenvalue weighted by Gasteiger charge is -2.17. The van der Waals surface area contributed by atoms with E-state index in [1.165, 1.54) is 0 Å². The van der Waals surface area contributed by atoms with Gasteiger partial charge in [0, 0.05) is 24.4 Å². The zero-order valence-corrected chi connectivity index (χ0v) is 9.82. The number of carbonyl (C=O) groups is 1. The third kappa shape index (κ3) is 5.18. The van der Waals surface area contributed by atoms with Crippen LogP contribution in [0.1, 0.15) is 6.42 Å². The summed E-state index contributed by atoms with van der Waals surface area (Å²) >= 11 is 0. The highest BCUT2D eigenvalue weighted by Gasteiger charge is 2.42. The molecule has 0 aromatic rings. The van der Waals surface area contributed by atoms with E-state index in [4.69, 9.17) is 15.4 Å². The van der Waals surface area contributed by atoms with Gasteiger partial charge in [-0.2, -0.15) is 0 Å². The van der Waals surface area contributed by atoms with Crippen LogP contribution in [-0.2, 0) is 9.53 Å². The van der Waals surface area contributed by atoms with Crippen LogP contribution in [0.15, 0.2) is 5.11 Å². The minimum absolute atomic E-state index is 0. The van der Waals surface area contributed by atoms with E-state index in [-0.39, 0.29) is 45.1 Å². The number of nitrogens with one attached hydrogen (secondary N) is 1. The summed E-state index contributed by atoms with van der Waals surface area (Å²) < 4.78 is 18.9. The molecule has 2 N–H and O–H groups in total. The number of ether oxygens (including phenoxy) is 1. The highest BCUT2D eigenvalue weighted by molar-refractivity contribution is 5.85. The van der Waals surface area contributed by atoms with Gasteiger partial charge in [0.15, 0.2) is 0 Å². The lowest BCUT2D eigenvalue weighted by Crippen LogP contribution is -2.32. The average Bonchev–Trinajstić information content (AvgIpc) is 2.61. The van der Waals surface area contributed by atoms with Gasteiger partial charge < -0.3 is 15.2 Å². The number of azide groups is 1. The van der Waals surface area contributed by atoms with Crippen molar-refractivity contribution in [2.24, 2.45) is 5.11 Å². The molecule has 2 unspecified atom stereocenters. The fourth-order valence-corrected chi connectivity index (χ4v) is 1.51. The molecule has 98 valence electrons. The first-order chi connectivity index (χ1) is 7.57. The first kappa shape index (κ1) is 15.9. The predicted octanol–water partition coefficient (Wildman–Crippen LogP) is 0.890. The van der Waals surface area contributed by atoms with E-state index in [0.29, 0.717) is 0 Å². The van der Waals surface area contributed by atoms with E-state index in [1.807, 2.05) is 0 Å². The fraction of sp³-hybridized carbons (Fsp3) is 0.875. The van der Waals surface area contributed by atoms with Crippen LogP contribution >= 0.6 is 12.4 Å². The predicted molar refractivity (Wildman–Crippen MR) is 60.0 cm³/mol. The highest BCUT2D eigenvalue weighted by atomic mass is 35.5. The summed E-state index contributed by atoms with van der Waals surface area (Å²) in [7, 11) is 0. The van der Waals surface area contributed by atoms with Gasteiger partial charge in [0.2, 0.25) is 0 Å². The fourth-order valence-electron chi connectivity index (χ4n) is 1.51. The molecule has 0 aliphatic carbocycles. The van der Waals surface area contributed by atoms with Crippen molar-refractivity contribution in [3.05, 3.63) is 10.4 Å². The molecule has 2 atom stereocenters. The van der Waals surface area contributed by atoms with Gasteiger partial charge >= 0.3 is 5.97 Å². The molecular formula is C8H14ClFN4O3. The molecule has 1 heterocycles. The van der Waals surface area contributed by atoms with Crippen molar-refractivity contribution in [3.8, 4) is 0 Å². The lowest BCUT2D eigenvalue weighted by molar-refractivity contribution is -0.139. The van der Waals surface area contributed by atoms with Crippen molar-refractivity contribution in [1.82, 2.24) is 5.32 Å². The zero-order chi connectivity index (χ0) is 12.0. The second-order valence-electron chi connectivity index (χ2n) is 3.63. The number of carboxylic acids is 1. The molecule has 0 aromatic heterocycles. The van der Waals surface area contributed by atoms with Crippen LogP contribution in [0.5, 0.6) is 0 Å². The van der Waals surface area contributed by atoms with Gasteiger partial charge in [0.25, 0.3) is 0 Å². The maximum absolute atomic E-state index is 13.9. The third-order valence-electron chi connectivity index (χ3n) is 2.29. The summed E-state index contributed by atoms with van der Waals surface area (Å²) in [5.41, 5.74) is 6.32. The molecule has 0 saturated carbocycles. The molecule has 0 spiro atoms. The smallest absolute Gasteiger partial charge is 0.320 e. The first-order valence-corrected chi connectivity index (χ1v) is 4.81.